The SMILES string of the molecule is CC(=O)N1CCN(CC(C)NC(=O)c2cc(-c3ccc(C)cc3Cl)cc(-n3cnnn3)c2)CC1. The maximum Gasteiger partial charge on any atom is 0.251 e. The molecular weight excluding hydrogens is 454 g/mol. The molecule has 1 aliphatic rings. The Hall–Kier alpha value is -3.30. The topological polar surface area (TPSA) is 96.2 Å². The minimum Gasteiger partial charge on any atom is -0.348 e. The van der Waals surface area contributed by atoms with Gasteiger partial charge in [0.25, 0.3) is 5.91 Å². The van der Waals surface area contributed by atoms with Crippen LogP contribution in [0.25, 0.3) is 16.8 Å². The molecule has 34 heavy (non-hydrogen) atoms. The van der Waals surface area contributed by atoms with Gasteiger partial charge in [-0.2, -0.15) is 0 Å². The lowest BCUT2D eigenvalue weighted by Gasteiger charge is -2.35. The van der Waals surface area contributed by atoms with Gasteiger partial charge < -0.3 is 10.2 Å². The van der Waals surface area contributed by atoms with Crippen LogP contribution in [0.3, 0.4) is 0 Å². The zero-order valence-corrected chi connectivity index (χ0v) is 20.3. The molecule has 1 aliphatic heterocycles. The maximum atomic E-state index is 13.2. The molecular formula is C24H28ClN7O2. The van der Waals surface area contributed by atoms with Gasteiger partial charge in [-0.05, 0) is 59.7 Å². The number of aryl methyl sites for hydroxylation is 1. The van der Waals surface area contributed by atoms with Crippen LogP contribution in [0.4, 0.5) is 0 Å². The molecule has 2 amide bonds. The standard InChI is InChI=1S/C24H28ClN7O2/c1-16-4-5-22(23(25)10-16)19-11-20(13-21(12-19)32-15-26-28-29-32)24(34)27-17(2)14-30-6-8-31(9-7-30)18(3)33/h4-5,10-13,15,17H,6-9,14H2,1-3H3,(H,27,34). The summed E-state index contributed by atoms with van der Waals surface area (Å²) in [5.41, 5.74) is 3.84. The quantitative estimate of drug-likeness (QED) is 0.581. The fourth-order valence-corrected chi connectivity index (χ4v) is 4.49. The second-order valence-corrected chi connectivity index (χ2v) is 9.09. The van der Waals surface area contributed by atoms with E-state index >= 15 is 0 Å². The third-order valence-electron chi connectivity index (χ3n) is 5.96. The third kappa shape index (κ3) is 5.60. The number of benzene rings is 2. The summed E-state index contributed by atoms with van der Waals surface area (Å²) < 4.78 is 1.51. The zero-order valence-electron chi connectivity index (χ0n) is 19.5. The molecule has 10 heteroatoms. The number of nitrogens with zero attached hydrogens (tertiary/aromatic N) is 6. The number of hydrogen-bond donors (Lipinski definition) is 1. The largest absolute Gasteiger partial charge is 0.348 e. The Morgan fingerprint density at radius 1 is 1.12 bits per heavy atom. The second-order valence-electron chi connectivity index (χ2n) is 8.69. The van der Waals surface area contributed by atoms with Crippen molar-refractivity contribution in [3.05, 3.63) is 58.9 Å². The molecule has 1 aromatic heterocycles. The minimum absolute atomic E-state index is 0.0699. The summed E-state index contributed by atoms with van der Waals surface area (Å²) in [6.45, 7) is 9.29. The van der Waals surface area contributed by atoms with Crippen molar-refractivity contribution in [2.45, 2.75) is 26.8 Å². The van der Waals surface area contributed by atoms with E-state index in [9.17, 15) is 9.59 Å². The van der Waals surface area contributed by atoms with Crippen molar-refractivity contribution in [3.63, 3.8) is 0 Å². The van der Waals surface area contributed by atoms with Gasteiger partial charge in [-0.3, -0.25) is 14.5 Å². The van der Waals surface area contributed by atoms with E-state index in [4.69, 9.17) is 11.6 Å². The Balaban J connectivity index is 1.52. The summed E-state index contributed by atoms with van der Waals surface area (Å²) in [7, 11) is 0. The molecule has 3 aromatic rings. The number of nitrogens with one attached hydrogen (secondary N) is 1. The molecule has 0 saturated carbocycles. The van der Waals surface area contributed by atoms with Gasteiger partial charge in [-0.15, -0.1) is 5.10 Å². The molecule has 1 atom stereocenters. The van der Waals surface area contributed by atoms with Crippen molar-refractivity contribution in [3.8, 4) is 16.8 Å². The number of carbonyl (C=O) groups is 2. The van der Waals surface area contributed by atoms with Crippen molar-refractivity contribution >= 4 is 23.4 Å². The van der Waals surface area contributed by atoms with Crippen LogP contribution in [0.2, 0.25) is 5.02 Å². The van der Waals surface area contributed by atoms with Crippen molar-refractivity contribution in [1.82, 2.24) is 35.3 Å². The Labute approximate surface area is 203 Å². The Bertz CT molecular complexity index is 1170. The number of amides is 2. The molecule has 0 aliphatic carbocycles. The van der Waals surface area contributed by atoms with Crippen LogP contribution in [0.15, 0.2) is 42.7 Å². The normalized spacial score (nSPS) is 15.2. The molecule has 9 nitrogen and oxygen atoms in total. The zero-order chi connectivity index (χ0) is 24.2. The Morgan fingerprint density at radius 3 is 2.53 bits per heavy atom. The number of halogens is 1. The molecule has 1 N–H and O–H groups in total. The lowest BCUT2D eigenvalue weighted by Crippen LogP contribution is -2.51. The summed E-state index contributed by atoms with van der Waals surface area (Å²) in [6, 6.07) is 11.3. The van der Waals surface area contributed by atoms with E-state index in [1.54, 1.807) is 13.0 Å². The maximum absolute atomic E-state index is 13.2. The van der Waals surface area contributed by atoms with Crippen molar-refractivity contribution in [2.75, 3.05) is 32.7 Å². The molecule has 1 saturated heterocycles. The first-order valence-electron chi connectivity index (χ1n) is 11.2. The van der Waals surface area contributed by atoms with Gasteiger partial charge in [0.2, 0.25) is 5.91 Å². The first-order chi connectivity index (χ1) is 16.3. The van der Waals surface area contributed by atoms with E-state index in [1.165, 1.54) is 11.0 Å². The lowest BCUT2D eigenvalue weighted by atomic mass is 10.00. The number of tetrazole rings is 1. The van der Waals surface area contributed by atoms with Crippen LogP contribution in [0.5, 0.6) is 0 Å². The molecule has 1 fully saturated rings. The highest BCUT2D eigenvalue weighted by atomic mass is 35.5. The van der Waals surface area contributed by atoms with E-state index in [2.05, 4.69) is 25.7 Å². The molecule has 4 rings (SSSR count). The highest BCUT2D eigenvalue weighted by Crippen LogP contribution is 2.31. The number of rotatable bonds is 6. The van der Waals surface area contributed by atoms with Gasteiger partial charge in [0.15, 0.2) is 0 Å². The van der Waals surface area contributed by atoms with Gasteiger partial charge in [-0.25, -0.2) is 4.68 Å². The van der Waals surface area contributed by atoms with Gasteiger partial charge in [0.05, 0.1) is 5.69 Å². The average Bonchev–Trinajstić information content (AvgIpc) is 3.34. The predicted octanol–water partition coefficient (Wildman–Crippen LogP) is 2.57. The van der Waals surface area contributed by atoms with Crippen molar-refractivity contribution in [2.24, 2.45) is 0 Å². The fraction of sp³-hybridized carbons (Fsp3) is 0.375. The second kappa shape index (κ2) is 10.3. The lowest BCUT2D eigenvalue weighted by molar-refractivity contribution is -0.130. The Morgan fingerprint density at radius 2 is 1.88 bits per heavy atom. The minimum atomic E-state index is -0.186. The van der Waals surface area contributed by atoms with E-state index in [1.807, 2.05) is 49.1 Å². The number of aromatic nitrogens is 4. The van der Waals surface area contributed by atoms with Crippen molar-refractivity contribution in [1.29, 1.82) is 0 Å². The third-order valence-corrected chi connectivity index (χ3v) is 6.27. The highest BCUT2D eigenvalue weighted by molar-refractivity contribution is 6.33. The van der Waals surface area contributed by atoms with Crippen molar-refractivity contribution < 1.29 is 9.59 Å². The molecule has 0 spiro atoms. The smallest absolute Gasteiger partial charge is 0.251 e. The summed E-state index contributed by atoms with van der Waals surface area (Å²) in [4.78, 5) is 28.9. The van der Waals surface area contributed by atoms with E-state index in [0.717, 1.165) is 29.8 Å². The number of carbonyl (C=O) groups excluding carboxylic acids is 2. The van der Waals surface area contributed by atoms with Crippen LogP contribution in [0.1, 0.15) is 29.8 Å². The summed E-state index contributed by atoms with van der Waals surface area (Å²) in [5.74, 6) is -0.0813. The van der Waals surface area contributed by atoms with Gasteiger partial charge in [0.1, 0.15) is 6.33 Å². The van der Waals surface area contributed by atoms with Gasteiger partial charge in [-0.1, -0.05) is 23.7 Å². The molecule has 178 valence electrons. The van der Waals surface area contributed by atoms with E-state index in [-0.39, 0.29) is 17.9 Å². The van der Waals surface area contributed by atoms with Gasteiger partial charge in [0, 0.05) is 61.8 Å². The number of piperazine rings is 1. The summed E-state index contributed by atoms with van der Waals surface area (Å²) in [5, 5.41) is 15.1. The van der Waals surface area contributed by atoms with Crippen LogP contribution in [0, 0.1) is 6.92 Å². The van der Waals surface area contributed by atoms with Crippen LogP contribution >= 0.6 is 11.6 Å². The fourth-order valence-electron chi connectivity index (χ4n) is 4.15. The van der Waals surface area contributed by atoms with E-state index < -0.39 is 0 Å². The molecule has 1 unspecified atom stereocenters. The predicted molar refractivity (Wildman–Crippen MR) is 130 cm³/mol. The Kier molecular flexibility index (Phi) is 7.23. The molecule has 2 aromatic carbocycles. The van der Waals surface area contributed by atoms with E-state index in [0.29, 0.717) is 35.9 Å². The molecule has 0 bridgehead atoms. The first-order valence-corrected chi connectivity index (χ1v) is 11.6. The summed E-state index contributed by atoms with van der Waals surface area (Å²) in [6.07, 6.45) is 1.49. The monoisotopic (exact) mass is 481 g/mol. The summed E-state index contributed by atoms with van der Waals surface area (Å²) >= 11 is 6.52. The average molecular weight is 482 g/mol. The molecule has 2 heterocycles. The van der Waals surface area contributed by atoms with Crippen LogP contribution < -0.4 is 5.32 Å². The first kappa shape index (κ1) is 23.8. The van der Waals surface area contributed by atoms with Gasteiger partial charge >= 0.3 is 0 Å². The molecule has 0 radical (unpaired) electrons. The van der Waals surface area contributed by atoms with Crippen LogP contribution in [-0.4, -0.2) is 80.6 Å². The highest BCUT2D eigenvalue weighted by Gasteiger charge is 2.21. The van der Waals surface area contributed by atoms with Crippen LogP contribution in [-0.2, 0) is 4.79 Å². The number of hydrogen-bond acceptors (Lipinski definition) is 6.